The van der Waals surface area contributed by atoms with Crippen LogP contribution in [0.15, 0.2) is 0 Å². The van der Waals surface area contributed by atoms with Crippen molar-refractivity contribution in [2.24, 2.45) is 0 Å². The van der Waals surface area contributed by atoms with Gasteiger partial charge in [-0.2, -0.15) is 7.82 Å². The van der Waals surface area contributed by atoms with E-state index in [-0.39, 0.29) is 54.7 Å². The molecule has 0 amide bonds. The molecule has 4 nitrogen and oxygen atoms in total. The van der Waals surface area contributed by atoms with Gasteiger partial charge in [0.1, 0.15) is 0 Å². The van der Waals surface area contributed by atoms with E-state index < -0.39 is 7.82 Å². The van der Waals surface area contributed by atoms with Crippen LogP contribution < -0.4 is 14.7 Å². The van der Waals surface area contributed by atoms with Crippen LogP contribution in [0.2, 0.25) is 0 Å². The molecule has 0 radical (unpaired) electrons. The number of phosphoric acid groups is 1. The van der Waals surface area contributed by atoms with E-state index in [1.807, 2.05) is 0 Å². The fraction of sp³-hybridized carbons (Fsp3) is 0. The molecule has 0 fully saturated rings. The van der Waals surface area contributed by atoms with Crippen LogP contribution in [0.25, 0.3) is 0 Å². The Labute approximate surface area is 80.9 Å². The maximum absolute atomic E-state index is 8.55. The smallest absolute Gasteiger partial charge is 0.822 e. The van der Waals surface area contributed by atoms with Gasteiger partial charge in [0.25, 0.3) is 0 Å². The van der Waals surface area contributed by atoms with E-state index in [2.05, 4.69) is 0 Å². The molecule has 0 unspecified atom stereocenters. The summed E-state index contributed by atoms with van der Waals surface area (Å²) in [5, 5.41) is 0. The standard InChI is InChI=1S/Al.Er.H3O4P/c;;1-5(2,3)4/h;;(H3,1,2,3,4)/q+3;;/p-3. The van der Waals surface area contributed by atoms with Crippen LogP contribution in [0.3, 0.4) is 0 Å². The van der Waals surface area contributed by atoms with Crippen LogP contribution in [0.4, 0.5) is 0 Å². The molecule has 0 saturated heterocycles. The first-order valence-corrected chi connectivity index (χ1v) is 2.19. The molecule has 0 bridgehead atoms. The van der Waals surface area contributed by atoms with Gasteiger partial charge in [-0.1, -0.05) is 0 Å². The average molecular weight is 289 g/mol. The number of hydrogen-bond acceptors (Lipinski definition) is 4. The Balaban J connectivity index is -0.0000000800. The molecule has 0 aliphatic heterocycles. The SMILES string of the molecule is O=P([O-])([O-])[O-].[Al+3].[Er]. The Bertz CT molecular complexity index is 57.8. The molecule has 0 aromatic heterocycles. The summed E-state index contributed by atoms with van der Waals surface area (Å²) in [4.78, 5) is 25.6. The molecule has 7 heteroatoms. The van der Waals surface area contributed by atoms with Gasteiger partial charge in [0, 0.05) is 37.3 Å². The molecule has 0 atom stereocenters. The molecule has 44 valence electrons. The van der Waals surface area contributed by atoms with Crippen LogP contribution >= 0.6 is 7.82 Å². The summed E-state index contributed by atoms with van der Waals surface area (Å²) < 4.78 is 8.55. The summed E-state index contributed by atoms with van der Waals surface area (Å²) in [6.45, 7) is 0. The molecular weight excluding hydrogens is 289 g/mol. The van der Waals surface area contributed by atoms with Gasteiger partial charge in [-0.25, -0.2) is 0 Å². The maximum atomic E-state index is 8.55. The van der Waals surface area contributed by atoms with Crippen molar-refractivity contribution >= 4 is 25.2 Å². The topological polar surface area (TPSA) is 86.2 Å². The first kappa shape index (κ1) is 16.0. The van der Waals surface area contributed by atoms with Gasteiger partial charge in [0.2, 0.25) is 0 Å². The van der Waals surface area contributed by atoms with Gasteiger partial charge < -0.3 is 19.2 Å². The van der Waals surface area contributed by atoms with Crippen molar-refractivity contribution in [3.63, 3.8) is 0 Å². The fourth-order valence-electron chi connectivity index (χ4n) is 0. The third-order valence-electron chi connectivity index (χ3n) is 0. The molecule has 0 aliphatic rings. The van der Waals surface area contributed by atoms with Gasteiger partial charge in [0.15, 0.2) is 0 Å². The van der Waals surface area contributed by atoms with Gasteiger partial charge in [-0.15, -0.1) is 0 Å². The van der Waals surface area contributed by atoms with E-state index in [0.717, 1.165) is 0 Å². The van der Waals surface area contributed by atoms with E-state index in [9.17, 15) is 0 Å². The van der Waals surface area contributed by atoms with Crippen LogP contribution in [0, 0.1) is 37.3 Å². The minimum absolute atomic E-state index is 0. The Hall–Kier alpha value is 1.89. The molecular formula is AlErO4P. The van der Waals surface area contributed by atoms with Gasteiger partial charge in [0.05, 0.1) is 0 Å². The molecule has 0 spiro atoms. The quantitative estimate of drug-likeness (QED) is 0.347. The second-order valence-electron chi connectivity index (χ2n) is 0.447. The van der Waals surface area contributed by atoms with Crippen molar-refractivity contribution in [2.45, 2.75) is 0 Å². The zero-order chi connectivity index (χ0) is 4.50. The van der Waals surface area contributed by atoms with E-state index in [4.69, 9.17) is 19.2 Å². The largest absolute Gasteiger partial charge is 3.00 e. The second kappa shape index (κ2) is 6.02. The molecule has 0 aliphatic carbocycles. The van der Waals surface area contributed by atoms with Crippen molar-refractivity contribution < 1.29 is 56.6 Å². The minimum atomic E-state index is -5.39. The number of hydrogen-bond donors (Lipinski definition) is 0. The van der Waals surface area contributed by atoms with Crippen molar-refractivity contribution in [3.05, 3.63) is 0 Å². The zero-order valence-corrected chi connectivity index (χ0v) is 6.85. The van der Waals surface area contributed by atoms with E-state index in [0.29, 0.717) is 0 Å². The third-order valence-corrected chi connectivity index (χ3v) is 0. The second-order valence-corrected chi connectivity index (χ2v) is 1.34. The summed E-state index contributed by atoms with van der Waals surface area (Å²) in [6.07, 6.45) is 0. The summed E-state index contributed by atoms with van der Waals surface area (Å²) in [5.74, 6) is 0. The average Bonchev–Trinajstić information content (AvgIpc) is 0.722. The minimum Gasteiger partial charge on any atom is -0.822 e. The molecule has 0 aromatic carbocycles. The molecule has 0 aromatic rings. The fourth-order valence-corrected chi connectivity index (χ4v) is 0. The first-order valence-electron chi connectivity index (χ1n) is 0.730. The summed E-state index contributed by atoms with van der Waals surface area (Å²) in [6, 6.07) is 0. The molecule has 0 heterocycles. The number of rotatable bonds is 0. The predicted molar refractivity (Wildman–Crippen MR) is 13.4 cm³/mol. The van der Waals surface area contributed by atoms with Crippen LogP contribution in [0.1, 0.15) is 0 Å². The third kappa shape index (κ3) is 76.7. The van der Waals surface area contributed by atoms with Crippen molar-refractivity contribution in [1.29, 1.82) is 0 Å². The Morgan fingerprint density at radius 1 is 1.14 bits per heavy atom. The Kier molecular flexibility index (Phi) is 13.7. The van der Waals surface area contributed by atoms with Crippen molar-refractivity contribution in [3.8, 4) is 0 Å². The summed E-state index contributed by atoms with van der Waals surface area (Å²) >= 11 is 0. The Morgan fingerprint density at radius 3 is 1.14 bits per heavy atom. The van der Waals surface area contributed by atoms with Gasteiger partial charge >= 0.3 is 17.4 Å². The van der Waals surface area contributed by atoms with E-state index in [1.165, 1.54) is 0 Å². The monoisotopic (exact) mass is 288 g/mol. The molecule has 0 N–H and O–H groups in total. The first-order chi connectivity index (χ1) is 2.00. The van der Waals surface area contributed by atoms with Crippen molar-refractivity contribution in [2.75, 3.05) is 0 Å². The summed E-state index contributed by atoms with van der Waals surface area (Å²) in [7, 11) is -5.39. The maximum Gasteiger partial charge on any atom is 3.00 e. The molecule has 7 heavy (non-hydrogen) atoms. The van der Waals surface area contributed by atoms with Crippen molar-refractivity contribution in [1.82, 2.24) is 0 Å². The zero-order valence-electron chi connectivity index (χ0n) is 2.95. The van der Waals surface area contributed by atoms with E-state index in [1.54, 1.807) is 0 Å². The van der Waals surface area contributed by atoms with Gasteiger partial charge in [-0.05, 0) is 0 Å². The van der Waals surface area contributed by atoms with E-state index >= 15 is 0 Å². The van der Waals surface area contributed by atoms with Crippen LogP contribution in [-0.4, -0.2) is 17.4 Å². The Morgan fingerprint density at radius 2 is 1.14 bits per heavy atom. The predicted octanol–water partition coefficient (Wildman–Crippen LogP) is -3.21. The normalized spacial score (nSPS) is 8.43. The molecule has 0 rings (SSSR count). The van der Waals surface area contributed by atoms with Crippen LogP contribution in [0.5, 0.6) is 0 Å². The van der Waals surface area contributed by atoms with Crippen LogP contribution in [-0.2, 0) is 4.57 Å². The van der Waals surface area contributed by atoms with Gasteiger partial charge in [-0.3, -0.25) is 0 Å². The summed E-state index contributed by atoms with van der Waals surface area (Å²) in [5.41, 5.74) is 0. The molecule has 0 saturated carbocycles.